The van der Waals surface area contributed by atoms with Crippen LogP contribution >= 0.6 is 11.3 Å². The molecule has 0 saturated carbocycles. The number of carbonyl (C=O) groups is 1. The summed E-state index contributed by atoms with van der Waals surface area (Å²) in [6, 6.07) is 16.9. The van der Waals surface area contributed by atoms with Gasteiger partial charge in [-0.05, 0) is 31.2 Å². The van der Waals surface area contributed by atoms with Crippen molar-refractivity contribution in [2.45, 2.75) is 6.92 Å². The van der Waals surface area contributed by atoms with E-state index in [1.54, 1.807) is 31.5 Å². The molecule has 0 saturated heterocycles. The number of nitrogens with zero attached hydrogens (tertiary/aromatic N) is 2. The van der Waals surface area contributed by atoms with Gasteiger partial charge in [0.15, 0.2) is 5.78 Å². The second-order valence-corrected chi connectivity index (χ2v) is 6.58. The average molecular weight is 375 g/mol. The van der Waals surface area contributed by atoms with E-state index in [9.17, 15) is 10.1 Å². The van der Waals surface area contributed by atoms with Crippen LogP contribution in [0.15, 0.2) is 60.1 Å². The maximum absolute atomic E-state index is 11.5. The molecule has 1 heterocycles. The van der Waals surface area contributed by atoms with Gasteiger partial charge >= 0.3 is 0 Å². The van der Waals surface area contributed by atoms with Crippen molar-refractivity contribution in [2.24, 2.45) is 0 Å². The summed E-state index contributed by atoms with van der Waals surface area (Å²) in [6.45, 7) is 1.52. The van der Waals surface area contributed by atoms with Crippen LogP contribution in [0.1, 0.15) is 22.3 Å². The van der Waals surface area contributed by atoms with Crippen LogP contribution in [0.4, 0.5) is 5.69 Å². The molecule has 6 heteroatoms. The number of carbonyl (C=O) groups excluding carboxylic acids is 1. The third kappa shape index (κ3) is 4.40. The molecule has 3 aromatic rings. The van der Waals surface area contributed by atoms with E-state index >= 15 is 0 Å². The zero-order valence-corrected chi connectivity index (χ0v) is 15.7. The van der Waals surface area contributed by atoms with Gasteiger partial charge in [-0.15, -0.1) is 11.3 Å². The highest BCUT2D eigenvalue weighted by molar-refractivity contribution is 7.11. The number of thiazole rings is 1. The van der Waals surface area contributed by atoms with E-state index in [0.29, 0.717) is 16.1 Å². The summed E-state index contributed by atoms with van der Waals surface area (Å²) in [6.07, 6.45) is 1.60. The number of allylic oxidation sites excluding steroid dienone is 1. The van der Waals surface area contributed by atoms with Gasteiger partial charge in [-0.1, -0.05) is 24.3 Å². The summed E-state index contributed by atoms with van der Waals surface area (Å²) in [5, 5.41) is 15.1. The summed E-state index contributed by atoms with van der Waals surface area (Å²) in [4.78, 5) is 16.0. The Balaban J connectivity index is 1.83. The maximum Gasteiger partial charge on any atom is 0.159 e. The molecule has 0 unspecified atom stereocenters. The summed E-state index contributed by atoms with van der Waals surface area (Å²) in [7, 11) is 1.62. The van der Waals surface area contributed by atoms with Gasteiger partial charge in [-0.25, -0.2) is 4.98 Å². The lowest BCUT2D eigenvalue weighted by Crippen LogP contribution is -1.95. The monoisotopic (exact) mass is 375 g/mol. The summed E-state index contributed by atoms with van der Waals surface area (Å²) >= 11 is 1.40. The molecule has 0 atom stereocenters. The number of hydrogen-bond donors (Lipinski definition) is 1. The first-order valence-electron chi connectivity index (χ1n) is 8.19. The Morgan fingerprint density at radius 2 is 2.07 bits per heavy atom. The number of nitriles is 1. The molecule has 2 aromatic carbocycles. The number of anilines is 1. The topological polar surface area (TPSA) is 75.0 Å². The van der Waals surface area contributed by atoms with Crippen molar-refractivity contribution >= 4 is 28.4 Å². The van der Waals surface area contributed by atoms with Crippen LogP contribution < -0.4 is 10.1 Å². The van der Waals surface area contributed by atoms with Crippen LogP contribution in [0.5, 0.6) is 5.75 Å². The van der Waals surface area contributed by atoms with E-state index in [1.165, 1.54) is 18.3 Å². The first kappa shape index (κ1) is 18.4. The molecule has 0 amide bonds. The second-order valence-electron chi connectivity index (χ2n) is 5.72. The van der Waals surface area contributed by atoms with Crippen molar-refractivity contribution in [3.05, 3.63) is 70.7 Å². The normalized spacial score (nSPS) is 10.9. The lowest BCUT2D eigenvalue weighted by Gasteiger charge is -2.03. The molecule has 3 rings (SSSR count). The molecule has 0 radical (unpaired) electrons. The number of hydrogen-bond acceptors (Lipinski definition) is 6. The van der Waals surface area contributed by atoms with Crippen molar-refractivity contribution in [3.8, 4) is 23.1 Å². The Labute approximate surface area is 161 Å². The minimum atomic E-state index is -0.00834. The lowest BCUT2D eigenvalue weighted by molar-refractivity contribution is 0.101. The van der Waals surface area contributed by atoms with Crippen molar-refractivity contribution in [3.63, 3.8) is 0 Å². The molecule has 1 N–H and O–H groups in total. The van der Waals surface area contributed by atoms with Crippen LogP contribution in [0.3, 0.4) is 0 Å². The Kier molecular flexibility index (Phi) is 5.64. The molecule has 0 bridgehead atoms. The molecule has 0 fully saturated rings. The SMILES string of the molecule is COc1cccc(-c2csc(C(C#N)=CNc3cccc(C(C)=O)c3)n2)c1. The van der Waals surface area contributed by atoms with Crippen molar-refractivity contribution in [1.82, 2.24) is 4.98 Å². The third-order valence-electron chi connectivity index (χ3n) is 3.87. The quantitative estimate of drug-likeness (QED) is 0.485. The number of aromatic nitrogens is 1. The summed E-state index contributed by atoms with van der Waals surface area (Å²) < 4.78 is 5.24. The smallest absolute Gasteiger partial charge is 0.159 e. The van der Waals surface area contributed by atoms with Crippen LogP contribution in [-0.2, 0) is 0 Å². The molecule has 0 spiro atoms. The number of ketones is 1. The highest BCUT2D eigenvalue weighted by Gasteiger charge is 2.10. The number of Topliss-reactive ketones (excluding diaryl/α,β-unsaturated/α-hetero) is 1. The highest BCUT2D eigenvalue weighted by Crippen LogP contribution is 2.28. The Morgan fingerprint density at radius 3 is 2.81 bits per heavy atom. The van der Waals surface area contributed by atoms with Gasteiger partial charge in [0.25, 0.3) is 0 Å². The van der Waals surface area contributed by atoms with Gasteiger partial charge < -0.3 is 10.1 Å². The second kappa shape index (κ2) is 8.30. The summed E-state index contributed by atoms with van der Waals surface area (Å²) in [5.74, 6) is 0.746. The molecule has 1 aromatic heterocycles. The molecule has 0 aliphatic heterocycles. The molecule has 134 valence electrons. The summed E-state index contributed by atoms with van der Waals surface area (Å²) in [5.41, 5.74) is 3.48. The molecular weight excluding hydrogens is 358 g/mol. The van der Waals surface area contributed by atoms with E-state index in [4.69, 9.17) is 4.74 Å². The van der Waals surface area contributed by atoms with Crippen LogP contribution in [0.2, 0.25) is 0 Å². The van der Waals surface area contributed by atoms with Crippen LogP contribution in [0.25, 0.3) is 16.8 Å². The lowest BCUT2D eigenvalue weighted by atomic mass is 10.1. The maximum atomic E-state index is 11.5. The van der Waals surface area contributed by atoms with Crippen molar-refractivity contribution < 1.29 is 9.53 Å². The van der Waals surface area contributed by atoms with Gasteiger partial charge in [0.05, 0.1) is 12.8 Å². The van der Waals surface area contributed by atoms with Gasteiger partial charge in [0.2, 0.25) is 0 Å². The van der Waals surface area contributed by atoms with Crippen LogP contribution in [0, 0.1) is 11.3 Å². The number of nitrogens with one attached hydrogen (secondary N) is 1. The highest BCUT2D eigenvalue weighted by atomic mass is 32.1. The van der Waals surface area contributed by atoms with Crippen molar-refractivity contribution in [1.29, 1.82) is 5.26 Å². The minimum Gasteiger partial charge on any atom is -0.497 e. The number of benzene rings is 2. The Hall–Kier alpha value is -3.43. The zero-order chi connectivity index (χ0) is 19.2. The van der Waals surface area contributed by atoms with Crippen LogP contribution in [-0.4, -0.2) is 17.9 Å². The predicted molar refractivity (Wildman–Crippen MR) is 108 cm³/mol. The first-order chi connectivity index (χ1) is 13.1. The number of ether oxygens (including phenoxy) is 1. The molecule has 5 nitrogen and oxygen atoms in total. The Bertz CT molecular complexity index is 1050. The fraction of sp³-hybridized carbons (Fsp3) is 0.0952. The van der Waals surface area contributed by atoms with E-state index in [1.807, 2.05) is 35.7 Å². The standard InChI is InChI=1S/C21H17N3O2S/c1-14(25)15-5-3-7-18(9-15)23-12-17(11-22)21-24-20(13-27-21)16-6-4-8-19(10-16)26-2/h3-10,12-13,23H,1-2H3. The zero-order valence-electron chi connectivity index (χ0n) is 14.9. The molecule has 27 heavy (non-hydrogen) atoms. The van der Waals surface area contributed by atoms with E-state index < -0.39 is 0 Å². The fourth-order valence-electron chi connectivity index (χ4n) is 2.44. The van der Waals surface area contributed by atoms with Gasteiger partial charge in [0.1, 0.15) is 22.4 Å². The van der Waals surface area contributed by atoms with E-state index in [-0.39, 0.29) is 5.78 Å². The molecule has 0 aliphatic carbocycles. The molecule has 0 aliphatic rings. The average Bonchev–Trinajstić information content (AvgIpc) is 3.19. The fourth-order valence-corrected chi connectivity index (χ4v) is 3.23. The Morgan fingerprint density at radius 1 is 1.26 bits per heavy atom. The molecular formula is C21H17N3O2S. The largest absolute Gasteiger partial charge is 0.497 e. The number of rotatable bonds is 6. The van der Waals surface area contributed by atoms with Crippen molar-refractivity contribution in [2.75, 3.05) is 12.4 Å². The van der Waals surface area contributed by atoms with Gasteiger partial charge in [0, 0.05) is 28.4 Å². The third-order valence-corrected chi connectivity index (χ3v) is 4.75. The first-order valence-corrected chi connectivity index (χ1v) is 9.07. The van der Waals surface area contributed by atoms with E-state index in [0.717, 1.165) is 22.7 Å². The van der Waals surface area contributed by atoms with E-state index in [2.05, 4.69) is 16.4 Å². The van der Waals surface area contributed by atoms with Gasteiger partial charge in [-0.2, -0.15) is 5.26 Å². The predicted octanol–water partition coefficient (Wildman–Crippen LogP) is 5.00. The van der Waals surface area contributed by atoms with Gasteiger partial charge in [-0.3, -0.25) is 4.79 Å². The number of methoxy groups -OCH3 is 1. The minimum absolute atomic E-state index is 0.00834.